The number of carbonyl (C=O) groups is 1. The molecule has 86 valence electrons. The third-order valence-electron chi connectivity index (χ3n) is 3.50. The molecule has 0 saturated carbocycles. The highest BCUT2D eigenvalue weighted by Crippen LogP contribution is 2.18. The van der Waals surface area contributed by atoms with Crippen molar-refractivity contribution in [3.05, 3.63) is 0 Å². The van der Waals surface area contributed by atoms with Crippen LogP contribution < -0.4 is 5.32 Å². The van der Waals surface area contributed by atoms with E-state index in [9.17, 15) is 4.79 Å². The molecule has 0 atom stereocenters. The van der Waals surface area contributed by atoms with Gasteiger partial charge in [0.05, 0.1) is 0 Å². The molecule has 1 amide bonds. The monoisotopic (exact) mass is 211 g/mol. The van der Waals surface area contributed by atoms with Crippen molar-refractivity contribution < 1.29 is 4.79 Å². The van der Waals surface area contributed by atoms with Crippen molar-refractivity contribution in [3.8, 4) is 0 Å². The number of nitrogens with one attached hydrogen (secondary N) is 1. The van der Waals surface area contributed by atoms with Crippen LogP contribution in [-0.4, -0.2) is 62.0 Å². The molecule has 0 aromatic heterocycles. The summed E-state index contributed by atoms with van der Waals surface area (Å²) in [5, 5.41) is 3.28. The van der Waals surface area contributed by atoms with Gasteiger partial charge in [0.1, 0.15) is 0 Å². The van der Waals surface area contributed by atoms with E-state index in [1.165, 1.54) is 0 Å². The summed E-state index contributed by atoms with van der Waals surface area (Å²) < 4.78 is 0. The van der Waals surface area contributed by atoms with Crippen LogP contribution in [0.15, 0.2) is 0 Å². The number of rotatable bonds is 1. The fourth-order valence-corrected chi connectivity index (χ4v) is 2.40. The van der Waals surface area contributed by atoms with Gasteiger partial charge in [0.15, 0.2) is 0 Å². The quantitative estimate of drug-likeness (QED) is 0.650. The van der Waals surface area contributed by atoms with Crippen LogP contribution in [0.4, 0.5) is 0 Å². The van der Waals surface area contributed by atoms with Crippen molar-refractivity contribution in [2.45, 2.75) is 12.8 Å². The van der Waals surface area contributed by atoms with E-state index in [1.807, 2.05) is 4.90 Å². The minimum Gasteiger partial charge on any atom is -0.340 e. The van der Waals surface area contributed by atoms with Crippen LogP contribution >= 0.6 is 0 Å². The Morgan fingerprint density at radius 1 is 1.13 bits per heavy atom. The summed E-state index contributed by atoms with van der Waals surface area (Å²) in [7, 11) is 2.13. The normalized spacial score (nSPS) is 25.5. The first-order chi connectivity index (χ1) is 7.27. The molecule has 0 aromatic rings. The molecule has 0 radical (unpaired) electrons. The van der Waals surface area contributed by atoms with Gasteiger partial charge in [-0.05, 0) is 33.0 Å². The first kappa shape index (κ1) is 10.9. The number of carbonyl (C=O) groups excluding carboxylic acids is 1. The summed E-state index contributed by atoms with van der Waals surface area (Å²) in [6.07, 6.45) is 2.08. The number of likely N-dealkylation sites (tertiary alicyclic amines) is 1. The van der Waals surface area contributed by atoms with Crippen LogP contribution in [0.5, 0.6) is 0 Å². The van der Waals surface area contributed by atoms with Gasteiger partial charge in [0.25, 0.3) is 0 Å². The predicted octanol–water partition coefficient (Wildman–Crippen LogP) is -0.240. The predicted molar refractivity (Wildman–Crippen MR) is 59.7 cm³/mol. The zero-order chi connectivity index (χ0) is 10.7. The average Bonchev–Trinajstić information content (AvgIpc) is 2.30. The highest BCUT2D eigenvalue weighted by Gasteiger charge is 2.27. The molecular formula is C11H21N3O. The Hall–Kier alpha value is -0.610. The number of hydrogen-bond acceptors (Lipinski definition) is 3. The van der Waals surface area contributed by atoms with Gasteiger partial charge in [-0.25, -0.2) is 0 Å². The average molecular weight is 211 g/mol. The van der Waals surface area contributed by atoms with Crippen molar-refractivity contribution in [2.75, 3.05) is 46.3 Å². The summed E-state index contributed by atoms with van der Waals surface area (Å²) >= 11 is 0. The largest absolute Gasteiger partial charge is 0.340 e. The second-order valence-electron chi connectivity index (χ2n) is 4.65. The lowest BCUT2D eigenvalue weighted by Gasteiger charge is -2.34. The van der Waals surface area contributed by atoms with Gasteiger partial charge in [-0.1, -0.05) is 0 Å². The molecule has 2 heterocycles. The van der Waals surface area contributed by atoms with E-state index in [1.54, 1.807) is 0 Å². The standard InChI is InChI=1S/C11H21N3O/c1-13-6-2-10(3-7-13)11(15)14-8-4-12-5-9-14/h10,12H,2-9H2,1H3. The molecule has 0 aromatic carbocycles. The summed E-state index contributed by atoms with van der Waals surface area (Å²) in [5.41, 5.74) is 0. The first-order valence-electron chi connectivity index (χ1n) is 5.95. The highest BCUT2D eigenvalue weighted by molar-refractivity contribution is 5.79. The zero-order valence-corrected chi connectivity index (χ0v) is 9.54. The lowest BCUT2D eigenvalue weighted by Crippen LogP contribution is -2.49. The van der Waals surface area contributed by atoms with Crippen LogP contribution in [0.1, 0.15) is 12.8 Å². The maximum Gasteiger partial charge on any atom is 0.225 e. The number of nitrogens with zero attached hydrogens (tertiary/aromatic N) is 2. The molecule has 2 fully saturated rings. The molecule has 2 aliphatic heterocycles. The lowest BCUT2D eigenvalue weighted by molar-refractivity contribution is -0.137. The fourth-order valence-electron chi connectivity index (χ4n) is 2.40. The van der Waals surface area contributed by atoms with Crippen molar-refractivity contribution in [1.82, 2.24) is 15.1 Å². The Balaban J connectivity index is 1.84. The Morgan fingerprint density at radius 2 is 1.73 bits per heavy atom. The van der Waals surface area contributed by atoms with Crippen molar-refractivity contribution in [3.63, 3.8) is 0 Å². The van der Waals surface area contributed by atoms with Crippen LogP contribution in [0, 0.1) is 5.92 Å². The topological polar surface area (TPSA) is 35.6 Å². The summed E-state index contributed by atoms with van der Waals surface area (Å²) in [5.74, 6) is 0.684. The number of amides is 1. The van der Waals surface area contributed by atoms with E-state index in [2.05, 4.69) is 17.3 Å². The SMILES string of the molecule is CN1CCC(C(=O)N2CCNCC2)CC1. The zero-order valence-electron chi connectivity index (χ0n) is 9.54. The van der Waals surface area contributed by atoms with Crippen LogP contribution in [0.3, 0.4) is 0 Å². The van der Waals surface area contributed by atoms with E-state index in [4.69, 9.17) is 0 Å². The number of piperidine rings is 1. The molecule has 0 unspecified atom stereocenters. The van der Waals surface area contributed by atoms with E-state index in [0.29, 0.717) is 11.8 Å². The summed E-state index contributed by atoms with van der Waals surface area (Å²) in [4.78, 5) is 16.5. The van der Waals surface area contributed by atoms with Crippen molar-refractivity contribution >= 4 is 5.91 Å². The van der Waals surface area contributed by atoms with Crippen molar-refractivity contribution in [1.29, 1.82) is 0 Å². The molecule has 2 rings (SSSR count). The smallest absolute Gasteiger partial charge is 0.225 e. The van der Waals surface area contributed by atoms with Gasteiger partial charge in [-0.15, -0.1) is 0 Å². The number of hydrogen-bond donors (Lipinski definition) is 1. The number of piperazine rings is 1. The molecule has 0 aliphatic carbocycles. The van der Waals surface area contributed by atoms with E-state index in [-0.39, 0.29) is 0 Å². The van der Waals surface area contributed by atoms with Gasteiger partial charge in [0, 0.05) is 32.1 Å². The Kier molecular flexibility index (Phi) is 3.59. The Morgan fingerprint density at radius 3 is 2.33 bits per heavy atom. The minimum atomic E-state index is 0.291. The second kappa shape index (κ2) is 4.94. The van der Waals surface area contributed by atoms with E-state index in [0.717, 1.165) is 52.1 Å². The first-order valence-corrected chi connectivity index (χ1v) is 5.95. The Labute approximate surface area is 91.6 Å². The fraction of sp³-hybridized carbons (Fsp3) is 0.909. The molecule has 2 saturated heterocycles. The molecule has 0 bridgehead atoms. The third kappa shape index (κ3) is 2.69. The second-order valence-corrected chi connectivity index (χ2v) is 4.65. The Bertz CT molecular complexity index is 218. The van der Waals surface area contributed by atoms with Gasteiger partial charge in [-0.3, -0.25) is 4.79 Å². The third-order valence-corrected chi connectivity index (χ3v) is 3.50. The van der Waals surface area contributed by atoms with Gasteiger partial charge >= 0.3 is 0 Å². The molecule has 4 nitrogen and oxygen atoms in total. The maximum atomic E-state index is 12.1. The molecule has 4 heteroatoms. The molecule has 1 N–H and O–H groups in total. The van der Waals surface area contributed by atoms with Crippen LogP contribution in [0.2, 0.25) is 0 Å². The van der Waals surface area contributed by atoms with E-state index < -0.39 is 0 Å². The highest BCUT2D eigenvalue weighted by atomic mass is 16.2. The maximum absolute atomic E-state index is 12.1. The van der Waals surface area contributed by atoms with Gasteiger partial charge < -0.3 is 15.1 Å². The lowest BCUT2D eigenvalue weighted by atomic mass is 9.95. The van der Waals surface area contributed by atoms with Gasteiger partial charge in [-0.2, -0.15) is 0 Å². The minimum absolute atomic E-state index is 0.291. The molecular weight excluding hydrogens is 190 g/mol. The molecule has 0 spiro atoms. The molecule has 2 aliphatic rings. The molecule has 15 heavy (non-hydrogen) atoms. The van der Waals surface area contributed by atoms with Gasteiger partial charge in [0.2, 0.25) is 5.91 Å². The summed E-state index contributed by atoms with van der Waals surface area (Å²) in [6, 6.07) is 0. The van der Waals surface area contributed by atoms with Crippen LogP contribution in [-0.2, 0) is 4.79 Å². The van der Waals surface area contributed by atoms with E-state index >= 15 is 0 Å². The van der Waals surface area contributed by atoms with Crippen molar-refractivity contribution in [2.24, 2.45) is 5.92 Å². The van der Waals surface area contributed by atoms with Crippen LogP contribution in [0.25, 0.3) is 0 Å². The summed E-state index contributed by atoms with van der Waals surface area (Å²) in [6.45, 7) is 5.85.